The van der Waals surface area contributed by atoms with Crippen molar-refractivity contribution in [1.29, 1.82) is 5.26 Å². The third kappa shape index (κ3) is 9.12. The Balaban J connectivity index is 0. The first-order chi connectivity index (χ1) is 1.41. The van der Waals surface area contributed by atoms with E-state index in [-0.39, 0.29) is 51.4 Å². The zero-order valence-electron chi connectivity index (χ0n) is 1.25. The van der Waals surface area contributed by atoms with Crippen LogP contribution >= 0.6 is 0 Å². The van der Waals surface area contributed by atoms with Gasteiger partial charge in [-0.3, -0.25) is 0 Å². The number of hydrogen-bond acceptors (Lipinski definition) is 1. The molecule has 22 valence electrons. The summed E-state index contributed by atoms with van der Waals surface area (Å²) >= 11 is 2.46. The molecule has 0 aromatic carbocycles. The molecule has 4 heavy (non-hydrogen) atoms. The van der Waals surface area contributed by atoms with Gasteiger partial charge in [0.1, 0.15) is 0 Å². The van der Waals surface area contributed by atoms with Crippen LogP contribution in [0.15, 0.2) is 0 Å². The normalized spacial score (nSPS) is 2.25. The van der Waals surface area contributed by atoms with Gasteiger partial charge in [0, 0.05) is 0 Å². The summed E-state index contributed by atoms with van der Waals surface area (Å²) in [7, 11) is 0. The summed E-state index contributed by atoms with van der Waals surface area (Å²) in [5.74, 6) is 0. The summed E-state index contributed by atoms with van der Waals surface area (Å²) in [4.78, 5) is 0. The van der Waals surface area contributed by atoms with Gasteiger partial charge in [-0.15, -0.1) is 0 Å². The van der Waals surface area contributed by atoms with Crippen LogP contribution in [0.1, 0.15) is 0 Å². The monoisotopic (exact) mass is 173 g/mol. The molecule has 0 rings (SSSR count). The van der Waals surface area contributed by atoms with E-state index in [0.29, 0.717) is 0 Å². The van der Waals surface area contributed by atoms with Crippen molar-refractivity contribution < 1.29 is 21.1 Å². The van der Waals surface area contributed by atoms with Crippen molar-refractivity contribution in [1.82, 2.24) is 0 Å². The van der Waals surface area contributed by atoms with Crippen molar-refractivity contribution in [2.24, 2.45) is 0 Å². The zero-order valence-corrected chi connectivity index (χ0v) is 2.73. The molecule has 0 aromatic heterocycles. The van der Waals surface area contributed by atoms with E-state index >= 15 is 0 Å². The van der Waals surface area contributed by atoms with Crippen molar-refractivity contribution >= 4 is 51.4 Å². The van der Waals surface area contributed by atoms with Gasteiger partial charge in [-0.1, -0.05) is 0 Å². The molecule has 0 amide bonds. The number of hydrogen-bond donors (Lipinski definition) is 0. The van der Waals surface area contributed by atoms with Gasteiger partial charge in [-0.25, -0.2) is 0 Å². The van der Waals surface area contributed by atoms with Gasteiger partial charge in [-0.05, 0) is 0 Å². The molecule has 0 saturated heterocycles. The van der Waals surface area contributed by atoms with Gasteiger partial charge >= 0.3 is 82.0 Å². The quantitative estimate of drug-likeness (QED) is 0.448. The molecule has 3 heteroatoms. The van der Waals surface area contributed by atoms with Crippen LogP contribution in [0.2, 0.25) is 0 Å². The molecule has 0 fully saturated rings. The first-order valence-electron chi connectivity index (χ1n) is 0.374. The second-order valence-electron chi connectivity index (χ2n) is 0.0674. The molecule has 0 saturated carbocycles. The minimum absolute atomic E-state index is 0. The number of nitrogens with zero attached hydrogens (tertiary/aromatic N) is 1. The molecule has 1 nitrogen and oxygen atoms in total. The predicted octanol–water partition coefficient (Wildman–Crippen LogP) is -0.634. The summed E-state index contributed by atoms with van der Waals surface area (Å²) in [5.41, 5.74) is 0. The molecule has 0 aliphatic rings. The Morgan fingerprint density at radius 1 is 1.75 bits per heavy atom. The van der Waals surface area contributed by atoms with Crippen molar-refractivity contribution in [3.8, 4) is 4.29 Å². The summed E-state index contributed by atoms with van der Waals surface area (Å²) in [6.45, 7) is 0. The van der Waals surface area contributed by atoms with Crippen LogP contribution in [0.25, 0.3) is 0 Å². The fraction of sp³-hybridized carbons (Fsp3) is 0. The number of rotatable bonds is 0. The maximum absolute atomic E-state index is 7.24. The third-order valence-corrected chi connectivity index (χ3v) is 0. The van der Waals surface area contributed by atoms with E-state index in [9.17, 15) is 0 Å². The van der Waals surface area contributed by atoms with E-state index in [2.05, 4.69) is 21.1 Å². The summed E-state index contributed by atoms with van der Waals surface area (Å²) < 4.78 is 1.56. The second kappa shape index (κ2) is 8.85. The molecule has 0 bridgehead atoms. The molecule has 0 radical (unpaired) electrons. The number of nitriles is 1. The Hall–Kier alpha value is 1.87. The van der Waals surface area contributed by atoms with Crippen LogP contribution < -0.4 is 0 Å². The fourth-order valence-corrected chi connectivity index (χ4v) is 0. The zero-order chi connectivity index (χ0) is 2.71. The van der Waals surface area contributed by atoms with Crippen LogP contribution in [0.3, 0.4) is 0 Å². The molecule has 0 atom stereocenters. The van der Waals surface area contributed by atoms with E-state index < -0.39 is 0 Å². The average molecular weight is 174 g/mol. The SMILES string of the molecule is N#[C][Ag].[KH]. The summed E-state index contributed by atoms with van der Waals surface area (Å²) in [6.07, 6.45) is 0. The molecular formula is CHAgKN. The molecule has 0 heterocycles. The molecule has 0 aliphatic heterocycles. The summed E-state index contributed by atoms with van der Waals surface area (Å²) in [6, 6.07) is 0. The van der Waals surface area contributed by atoms with Gasteiger partial charge < -0.3 is 0 Å². The second-order valence-corrected chi connectivity index (χ2v) is 0.399. The van der Waals surface area contributed by atoms with Gasteiger partial charge in [0.05, 0.1) is 0 Å². The van der Waals surface area contributed by atoms with Crippen molar-refractivity contribution in [3.05, 3.63) is 0 Å². The Labute approximate surface area is 80.1 Å². The van der Waals surface area contributed by atoms with Gasteiger partial charge in [-0.2, -0.15) is 0 Å². The van der Waals surface area contributed by atoms with E-state index in [1.807, 2.05) is 0 Å². The first-order valence-corrected chi connectivity index (χ1v) is 1.12. The Morgan fingerprint density at radius 2 is 1.75 bits per heavy atom. The van der Waals surface area contributed by atoms with E-state index in [0.717, 1.165) is 0 Å². The van der Waals surface area contributed by atoms with Gasteiger partial charge in [0.2, 0.25) is 0 Å². The van der Waals surface area contributed by atoms with Crippen molar-refractivity contribution in [3.63, 3.8) is 0 Å². The molecule has 0 aliphatic carbocycles. The van der Waals surface area contributed by atoms with Crippen molar-refractivity contribution in [2.75, 3.05) is 0 Å². The van der Waals surface area contributed by atoms with Crippen molar-refractivity contribution in [2.45, 2.75) is 0 Å². The molecule has 0 N–H and O–H groups in total. The van der Waals surface area contributed by atoms with E-state index in [1.54, 1.807) is 4.29 Å². The molecular weight excluding hydrogens is 173 g/mol. The van der Waals surface area contributed by atoms with Gasteiger partial charge in [0.25, 0.3) is 0 Å². The van der Waals surface area contributed by atoms with Crippen LogP contribution in [0.5, 0.6) is 0 Å². The van der Waals surface area contributed by atoms with E-state index in [1.165, 1.54) is 0 Å². The molecule has 0 spiro atoms. The topological polar surface area (TPSA) is 23.8 Å². The Morgan fingerprint density at radius 3 is 1.75 bits per heavy atom. The molecule has 0 aromatic rings. The van der Waals surface area contributed by atoms with Gasteiger partial charge in [0.15, 0.2) is 0 Å². The first kappa shape index (κ1) is 9.29. The standard InChI is InChI=1S/CN.Ag.K.H/c1-2;;;. The Kier molecular flexibility index (Phi) is 20.6. The maximum atomic E-state index is 7.24. The van der Waals surface area contributed by atoms with Crippen LogP contribution in [0, 0.1) is 9.55 Å². The van der Waals surface area contributed by atoms with Crippen LogP contribution in [-0.2, 0) is 21.1 Å². The summed E-state index contributed by atoms with van der Waals surface area (Å²) in [5, 5.41) is 7.24. The van der Waals surface area contributed by atoms with E-state index in [4.69, 9.17) is 5.26 Å². The predicted molar refractivity (Wildman–Crippen MR) is 12.8 cm³/mol. The third-order valence-electron chi connectivity index (χ3n) is 0. The molecule has 0 unspecified atom stereocenters. The minimum atomic E-state index is 0. The fourth-order valence-electron chi connectivity index (χ4n) is 0. The van der Waals surface area contributed by atoms with Crippen LogP contribution in [-0.4, -0.2) is 51.4 Å². The van der Waals surface area contributed by atoms with Crippen LogP contribution in [0.4, 0.5) is 0 Å². The average Bonchev–Trinajstić information content (AvgIpc) is 0.918. The Bertz CT molecular complexity index is 29.5.